The van der Waals surface area contributed by atoms with Crippen molar-refractivity contribution < 1.29 is 14.6 Å². The molecule has 0 saturated heterocycles. The fourth-order valence-corrected chi connectivity index (χ4v) is 4.63. The first-order valence-electron chi connectivity index (χ1n) is 12.0. The fourth-order valence-electron chi connectivity index (χ4n) is 4.12. The average molecular weight is 543 g/mol. The number of benzene rings is 4. The number of rotatable bonds is 8. The van der Waals surface area contributed by atoms with Gasteiger partial charge in [0.25, 0.3) is 0 Å². The van der Waals surface area contributed by atoms with E-state index in [0.29, 0.717) is 28.1 Å². The summed E-state index contributed by atoms with van der Waals surface area (Å²) in [5, 5.41) is 10.3. The number of ether oxygens (including phenoxy) is 1. The van der Waals surface area contributed by atoms with Crippen LogP contribution in [0.3, 0.4) is 0 Å². The van der Waals surface area contributed by atoms with Crippen LogP contribution in [-0.2, 0) is 13.2 Å². The molecular formula is C31H24Cl2N2O3. The Hall–Kier alpha value is -4.06. The van der Waals surface area contributed by atoms with Crippen LogP contribution in [0.4, 0.5) is 0 Å². The Morgan fingerprint density at radius 3 is 2.18 bits per heavy atom. The second kappa shape index (κ2) is 11.1. The zero-order valence-corrected chi connectivity index (χ0v) is 22.1. The molecule has 1 N–H and O–H groups in total. The van der Waals surface area contributed by atoms with Crippen molar-refractivity contribution >= 4 is 29.2 Å². The van der Waals surface area contributed by atoms with Gasteiger partial charge in [-0.05, 0) is 66.1 Å². The molecule has 0 atom stereocenters. The Morgan fingerprint density at radius 1 is 0.895 bits per heavy atom. The predicted octanol–water partition coefficient (Wildman–Crippen LogP) is 8.16. The number of imidazole rings is 1. The maximum Gasteiger partial charge on any atom is 0.335 e. The fraction of sp³-hybridized carbons (Fsp3) is 0.0968. The van der Waals surface area contributed by atoms with Crippen molar-refractivity contribution in [3.63, 3.8) is 0 Å². The number of carboxylic acids is 1. The lowest BCUT2D eigenvalue weighted by atomic mass is 10.0. The molecule has 1 heterocycles. The molecule has 1 aromatic heterocycles. The first kappa shape index (κ1) is 25.6. The molecule has 0 aliphatic rings. The van der Waals surface area contributed by atoms with Crippen molar-refractivity contribution in [2.75, 3.05) is 0 Å². The Bertz CT molecular complexity index is 1580. The predicted molar refractivity (Wildman–Crippen MR) is 151 cm³/mol. The summed E-state index contributed by atoms with van der Waals surface area (Å²) < 4.78 is 8.10. The molecule has 7 heteroatoms. The summed E-state index contributed by atoms with van der Waals surface area (Å²) in [6, 6.07) is 28.5. The molecular weight excluding hydrogens is 519 g/mol. The van der Waals surface area contributed by atoms with E-state index in [4.69, 9.17) is 32.9 Å². The summed E-state index contributed by atoms with van der Waals surface area (Å²) in [4.78, 5) is 16.0. The van der Waals surface area contributed by atoms with Crippen LogP contribution >= 0.6 is 23.2 Å². The summed E-state index contributed by atoms with van der Waals surface area (Å²) in [5.41, 5.74) is 6.12. The van der Waals surface area contributed by atoms with E-state index in [9.17, 15) is 9.90 Å². The molecule has 0 aliphatic carbocycles. The average Bonchev–Trinajstić information content (AvgIpc) is 3.30. The number of nitrogens with zero attached hydrogens (tertiary/aromatic N) is 2. The van der Waals surface area contributed by atoms with Gasteiger partial charge in [-0.3, -0.25) is 0 Å². The van der Waals surface area contributed by atoms with E-state index in [0.717, 1.165) is 28.0 Å². The van der Waals surface area contributed by atoms with Crippen molar-refractivity contribution in [1.29, 1.82) is 0 Å². The number of carbonyl (C=O) groups is 1. The van der Waals surface area contributed by atoms with Gasteiger partial charge in [-0.15, -0.1) is 0 Å². The summed E-state index contributed by atoms with van der Waals surface area (Å²) in [5.74, 6) is 0.476. The molecule has 190 valence electrons. The summed E-state index contributed by atoms with van der Waals surface area (Å²) in [6.07, 6.45) is 1.92. The number of hydrogen-bond donors (Lipinski definition) is 1. The van der Waals surface area contributed by atoms with Crippen LogP contribution < -0.4 is 4.74 Å². The lowest BCUT2D eigenvalue weighted by Crippen LogP contribution is -2.08. The molecule has 5 aromatic rings. The highest BCUT2D eigenvalue weighted by Crippen LogP contribution is 2.30. The second-order valence-corrected chi connectivity index (χ2v) is 9.82. The molecule has 0 spiro atoms. The number of aromatic carboxylic acids is 1. The van der Waals surface area contributed by atoms with E-state index in [-0.39, 0.29) is 12.2 Å². The van der Waals surface area contributed by atoms with Gasteiger partial charge in [0.1, 0.15) is 18.2 Å². The first-order chi connectivity index (χ1) is 18.4. The van der Waals surface area contributed by atoms with Crippen molar-refractivity contribution in [2.24, 2.45) is 0 Å². The number of aryl methyl sites for hydroxylation is 1. The van der Waals surface area contributed by atoms with Crippen molar-refractivity contribution in [3.8, 4) is 28.1 Å². The van der Waals surface area contributed by atoms with E-state index in [1.165, 1.54) is 5.56 Å². The molecule has 0 aliphatic heterocycles. The van der Waals surface area contributed by atoms with Crippen molar-refractivity contribution in [2.45, 2.75) is 20.1 Å². The van der Waals surface area contributed by atoms with Gasteiger partial charge >= 0.3 is 5.97 Å². The monoisotopic (exact) mass is 542 g/mol. The SMILES string of the molecule is Cc1ccc(-c2ccc(OCc3nc(-c4ccc(Cl)cc4Cl)cn3Cc3ccc(C(=O)O)cc3)cc2)cc1. The van der Waals surface area contributed by atoms with Crippen LogP contribution in [-0.4, -0.2) is 20.6 Å². The lowest BCUT2D eigenvalue weighted by molar-refractivity contribution is 0.0697. The molecule has 0 bridgehead atoms. The highest BCUT2D eigenvalue weighted by atomic mass is 35.5. The van der Waals surface area contributed by atoms with Gasteiger partial charge < -0.3 is 14.4 Å². The quantitative estimate of drug-likeness (QED) is 0.215. The number of hydrogen-bond acceptors (Lipinski definition) is 3. The molecule has 0 amide bonds. The smallest absolute Gasteiger partial charge is 0.335 e. The van der Waals surface area contributed by atoms with Crippen LogP contribution in [0.5, 0.6) is 5.75 Å². The van der Waals surface area contributed by atoms with Gasteiger partial charge in [0.05, 0.1) is 16.3 Å². The molecule has 0 radical (unpaired) electrons. The standard InChI is InChI=1S/C31H24Cl2N2O3/c1-20-2-6-22(7-3-20)23-10-13-26(14-11-23)38-19-30-34-29(27-15-12-25(32)16-28(27)33)18-35(30)17-21-4-8-24(9-5-21)31(36)37/h2-16,18H,17,19H2,1H3,(H,36,37). The Morgan fingerprint density at radius 2 is 1.55 bits per heavy atom. The topological polar surface area (TPSA) is 64.4 Å². The zero-order chi connectivity index (χ0) is 26.6. The second-order valence-electron chi connectivity index (χ2n) is 8.98. The molecule has 38 heavy (non-hydrogen) atoms. The van der Waals surface area contributed by atoms with E-state index in [2.05, 4.69) is 31.2 Å². The van der Waals surface area contributed by atoms with Gasteiger partial charge in [0.2, 0.25) is 0 Å². The van der Waals surface area contributed by atoms with Gasteiger partial charge in [0, 0.05) is 23.3 Å². The third-order valence-corrected chi connectivity index (χ3v) is 6.78. The largest absolute Gasteiger partial charge is 0.486 e. The van der Waals surface area contributed by atoms with Crippen LogP contribution in [0.25, 0.3) is 22.4 Å². The van der Waals surface area contributed by atoms with Crippen LogP contribution in [0.15, 0.2) is 97.2 Å². The summed E-state index contributed by atoms with van der Waals surface area (Å²) in [6.45, 7) is 2.80. The van der Waals surface area contributed by atoms with Crippen molar-refractivity contribution in [1.82, 2.24) is 9.55 Å². The lowest BCUT2D eigenvalue weighted by Gasteiger charge is -2.10. The van der Waals surface area contributed by atoms with E-state index in [1.807, 2.05) is 41.1 Å². The highest BCUT2D eigenvalue weighted by molar-refractivity contribution is 6.36. The minimum atomic E-state index is -0.957. The van der Waals surface area contributed by atoms with E-state index >= 15 is 0 Å². The summed E-state index contributed by atoms with van der Waals surface area (Å²) in [7, 11) is 0. The number of carboxylic acid groups (broad SMARTS) is 1. The van der Waals surface area contributed by atoms with Gasteiger partial charge in [0.15, 0.2) is 0 Å². The van der Waals surface area contributed by atoms with Gasteiger partial charge in [-0.1, -0.05) is 77.3 Å². The summed E-state index contributed by atoms with van der Waals surface area (Å²) >= 11 is 12.5. The van der Waals surface area contributed by atoms with Gasteiger partial charge in [-0.2, -0.15) is 0 Å². The van der Waals surface area contributed by atoms with Crippen LogP contribution in [0.2, 0.25) is 10.0 Å². The number of halogens is 2. The zero-order valence-electron chi connectivity index (χ0n) is 20.6. The maximum absolute atomic E-state index is 11.2. The van der Waals surface area contributed by atoms with Crippen molar-refractivity contribution in [3.05, 3.63) is 130 Å². The minimum absolute atomic E-state index is 0.238. The minimum Gasteiger partial charge on any atom is -0.486 e. The van der Waals surface area contributed by atoms with E-state index < -0.39 is 5.97 Å². The molecule has 5 rings (SSSR count). The van der Waals surface area contributed by atoms with Crippen LogP contribution in [0, 0.1) is 6.92 Å². The molecule has 0 unspecified atom stereocenters. The Labute approximate surface area is 230 Å². The maximum atomic E-state index is 11.2. The normalized spacial score (nSPS) is 10.9. The van der Waals surface area contributed by atoms with E-state index in [1.54, 1.807) is 36.4 Å². The Balaban J connectivity index is 1.39. The highest BCUT2D eigenvalue weighted by Gasteiger charge is 2.14. The Kier molecular flexibility index (Phi) is 7.50. The van der Waals surface area contributed by atoms with Crippen LogP contribution in [0.1, 0.15) is 27.3 Å². The first-order valence-corrected chi connectivity index (χ1v) is 12.7. The number of aromatic nitrogens is 2. The molecule has 0 fully saturated rings. The molecule has 0 saturated carbocycles. The third-order valence-electron chi connectivity index (χ3n) is 6.23. The molecule has 5 nitrogen and oxygen atoms in total. The third kappa shape index (κ3) is 5.91. The van der Waals surface area contributed by atoms with Gasteiger partial charge in [-0.25, -0.2) is 9.78 Å². The molecule has 4 aromatic carbocycles.